The predicted molar refractivity (Wildman–Crippen MR) is 254 cm³/mol. The molecule has 5 nitrogen and oxygen atoms in total. The quantitative estimate of drug-likeness (QED) is 0.156. The number of hydrogen-bond donors (Lipinski definition) is 5. The van der Waals surface area contributed by atoms with E-state index in [1.54, 1.807) is 0 Å². The summed E-state index contributed by atoms with van der Waals surface area (Å²) in [6.45, 7) is 15.0. The summed E-state index contributed by atoms with van der Waals surface area (Å²) in [6, 6.07) is 0. The molecule has 15 unspecified atom stereocenters. The average Bonchev–Trinajstić information content (AvgIpc) is 4.04. The van der Waals surface area contributed by atoms with Gasteiger partial charge in [0.05, 0.1) is 28.0 Å². The van der Waals surface area contributed by atoms with Crippen molar-refractivity contribution in [1.29, 1.82) is 0 Å². The highest BCUT2D eigenvalue weighted by Gasteiger charge is 2.65. The molecule has 17 saturated carbocycles. The van der Waals surface area contributed by atoms with E-state index in [0.717, 1.165) is 109 Å². The monoisotopic (exact) mass is 875 g/mol. The second-order valence-electron chi connectivity index (χ2n) is 28.7. The van der Waals surface area contributed by atoms with Crippen molar-refractivity contribution in [2.75, 3.05) is 0 Å². The molecule has 0 aromatic rings. The first kappa shape index (κ1) is 46.5. The lowest BCUT2D eigenvalue weighted by atomic mass is 9.50. The van der Waals surface area contributed by atoms with Gasteiger partial charge in [0.25, 0.3) is 0 Å². The fourth-order valence-corrected chi connectivity index (χ4v) is 21.3. The summed E-state index contributed by atoms with van der Waals surface area (Å²) in [5.74, 6) is 15.4. The maximum absolute atomic E-state index is 10.4. The lowest BCUT2D eigenvalue weighted by Gasteiger charge is -2.57. The summed E-state index contributed by atoms with van der Waals surface area (Å²) >= 11 is 0. The lowest BCUT2D eigenvalue weighted by Crippen LogP contribution is -2.55. The fraction of sp³-hybridized carbons (Fsp3) is 1.00. The molecular weight excluding hydrogens is 777 g/mol. The Morgan fingerprint density at radius 1 is 0.365 bits per heavy atom. The zero-order valence-electron chi connectivity index (χ0n) is 41.7. The Balaban J connectivity index is 0.0000000937. The Hall–Kier alpha value is -0.200. The maximum Gasteiger partial charge on any atom is 0.0676 e. The minimum absolute atomic E-state index is 0.295. The van der Waals surface area contributed by atoms with Crippen LogP contribution in [0.3, 0.4) is 0 Å². The Morgan fingerprint density at radius 3 is 1.49 bits per heavy atom. The van der Waals surface area contributed by atoms with Crippen LogP contribution in [-0.4, -0.2) is 53.5 Å². The van der Waals surface area contributed by atoms with Crippen LogP contribution in [0.2, 0.25) is 0 Å². The average molecular weight is 875 g/mol. The van der Waals surface area contributed by atoms with Gasteiger partial charge in [0, 0.05) is 0 Å². The predicted octanol–water partition coefficient (Wildman–Crippen LogP) is 12.5. The van der Waals surface area contributed by atoms with Gasteiger partial charge in [-0.25, -0.2) is 0 Å². The van der Waals surface area contributed by atoms with Crippen LogP contribution in [-0.2, 0) is 0 Å². The largest absolute Gasteiger partial charge is 0.390 e. The van der Waals surface area contributed by atoms with E-state index in [4.69, 9.17) is 0 Å². The Bertz CT molecular complexity index is 1540. The van der Waals surface area contributed by atoms with Crippen molar-refractivity contribution in [3.8, 4) is 0 Å². The van der Waals surface area contributed by atoms with E-state index < -0.39 is 0 Å². The molecule has 0 amide bonds. The minimum Gasteiger partial charge on any atom is -0.390 e. The van der Waals surface area contributed by atoms with Gasteiger partial charge in [0.1, 0.15) is 0 Å². The van der Waals surface area contributed by atoms with Gasteiger partial charge in [0.15, 0.2) is 0 Å². The summed E-state index contributed by atoms with van der Waals surface area (Å²) in [5.41, 5.74) is -1.22. The first-order chi connectivity index (χ1) is 29.6. The molecule has 0 heterocycles. The van der Waals surface area contributed by atoms with Gasteiger partial charge >= 0.3 is 0 Å². The summed E-state index contributed by atoms with van der Waals surface area (Å²) < 4.78 is 0. The molecule has 0 radical (unpaired) electrons. The van der Waals surface area contributed by atoms with E-state index >= 15 is 0 Å². The molecule has 0 spiro atoms. The van der Waals surface area contributed by atoms with E-state index in [1.165, 1.54) is 141 Å². The van der Waals surface area contributed by atoms with Gasteiger partial charge in [-0.1, -0.05) is 65.2 Å². The Morgan fingerprint density at radius 2 is 0.889 bits per heavy atom. The molecule has 17 fully saturated rings. The van der Waals surface area contributed by atoms with Crippen LogP contribution in [0.15, 0.2) is 0 Å². The highest BCUT2D eigenvalue weighted by atomic mass is 16.3. The van der Waals surface area contributed by atoms with Crippen molar-refractivity contribution < 1.29 is 25.5 Å². The Kier molecular flexibility index (Phi) is 12.4. The van der Waals surface area contributed by atoms with Gasteiger partial charge in [-0.15, -0.1) is 0 Å². The molecular formula is C58H98O5. The second-order valence-corrected chi connectivity index (χ2v) is 28.7. The Labute approximate surface area is 385 Å². The third-order valence-corrected chi connectivity index (χ3v) is 24.0. The van der Waals surface area contributed by atoms with Crippen LogP contribution < -0.4 is 0 Å². The van der Waals surface area contributed by atoms with Gasteiger partial charge in [-0.2, -0.15) is 0 Å². The lowest BCUT2D eigenvalue weighted by molar-refractivity contribution is -0.161. The number of rotatable bonds is 0. The molecule has 63 heavy (non-hydrogen) atoms. The molecule has 17 aliphatic rings. The SMILES string of the molecule is CC1(O)C2CC3CC(C2)CC1C3.CC1(O)CC2CC1C1C3CCC(C3)C21.CC1(O)CC2CC1C1CCCC21.CC1(O)CC2CCCC(CCC2)C1.CC1(O)CCCC2CC1C2(C)C. The first-order valence-electron chi connectivity index (χ1n) is 28.2. The minimum atomic E-state index is -0.378. The van der Waals surface area contributed by atoms with Crippen LogP contribution >= 0.6 is 0 Å². The summed E-state index contributed by atoms with van der Waals surface area (Å²) in [6.07, 6.45) is 35.7. The second kappa shape index (κ2) is 16.7. The standard InChI is InChI=1S/C13H20O.C12H22O.2C11H18O.C11H20O/c1-13(14)6-9-5-10(13)12-8-3-2-7(4-8)11(9)12;1-12(13)8-10-4-2-5-11(9-12)7-3-6-10;1-11(12)9-3-7-2-8(5-9)6-10(11)4-7;1-11(12)6-7-5-10(11)9-4-2-3-8(7)9;1-10(2)8-5-4-6-11(3,12)9(10)7-8/h7-12,14H,2-6H2,1H3;10-11,13H,2-9H2,1H3;2*7-10,12H,2-6H2,1H3;8-9,12H,4-7H2,1-3H3. The van der Waals surface area contributed by atoms with Crippen LogP contribution in [0.1, 0.15) is 222 Å². The van der Waals surface area contributed by atoms with Crippen LogP contribution in [0, 0.1) is 112 Å². The molecule has 360 valence electrons. The van der Waals surface area contributed by atoms with Crippen LogP contribution in [0.25, 0.3) is 0 Å². The third kappa shape index (κ3) is 8.65. The molecule has 0 aromatic carbocycles. The van der Waals surface area contributed by atoms with Crippen molar-refractivity contribution in [3.63, 3.8) is 0 Å². The molecule has 15 atom stereocenters. The van der Waals surface area contributed by atoms with E-state index in [0.29, 0.717) is 35.0 Å². The zero-order valence-corrected chi connectivity index (χ0v) is 41.7. The molecule has 0 aromatic heterocycles. The highest BCUT2D eigenvalue weighted by molar-refractivity contribution is 5.15. The normalized spacial score (nSPS) is 58.5. The van der Waals surface area contributed by atoms with Crippen molar-refractivity contribution in [3.05, 3.63) is 0 Å². The van der Waals surface area contributed by atoms with Crippen LogP contribution in [0.5, 0.6) is 0 Å². The third-order valence-electron chi connectivity index (χ3n) is 24.0. The number of fused-ring (bicyclic) bond motifs is 23. The van der Waals surface area contributed by atoms with Gasteiger partial charge in [-0.3, -0.25) is 0 Å². The molecule has 0 aliphatic heterocycles. The molecule has 17 aliphatic carbocycles. The fourth-order valence-electron chi connectivity index (χ4n) is 21.3. The smallest absolute Gasteiger partial charge is 0.0676 e. The van der Waals surface area contributed by atoms with E-state index in [1.807, 2.05) is 13.8 Å². The van der Waals surface area contributed by atoms with Gasteiger partial charge in [0.2, 0.25) is 0 Å². The molecule has 5 heteroatoms. The van der Waals surface area contributed by atoms with Crippen molar-refractivity contribution in [2.45, 2.75) is 250 Å². The van der Waals surface area contributed by atoms with Crippen LogP contribution in [0.4, 0.5) is 0 Å². The van der Waals surface area contributed by atoms with E-state index in [9.17, 15) is 25.5 Å². The zero-order chi connectivity index (χ0) is 44.5. The first-order valence-corrected chi connectivity index (χ1v) is 28.2. The molecule has 5 N–H and O–H groups in total. The van der Waals surface area contributed by atoms with Crippen molar-refractivity contribution in [1.82, 2.24) is 0 Å². The molecule has 14 bridgehead atoms. The van der Waals surface area contributed by atoms with Gasteiger partial charge in [-0.05, 0) is 269 Å². The van der Waals surface area contributed by atoms with Gasteiger partial charge < -0.3 is 25.5 Å². The maximum atomic E-state index is 10.4. The summed E-state index contributed by atoms with van der Waals surface area (Å²) in [7, 11) is 0. The van der Waals surface area contributed by atoms with Crippen molar-refractivity contribution >= 4 is 0 Å². The number of aliphatic hydroxyl groups is 5. The van der Waals surface area contributed by atoms with Crippen molar-refractivity contribution in [2.24, 2.45) is 112 Å². The highest BCUT2D eigenvalue weighted by Crippen LogP contribution is 2.70. The summed E-state index contributed by atoms with van der Waals surface area (Å²) in [5, 5.41) is 51.2. The summed E-state index contributed by atoms with van der Waals surface area (Å²) in [4.78, 5) is 0. The topological polar surface area (TPSA) is 101 Å². The van der Waals surface area contributed by atoms with E-state index in [-0.39, 0.29) is 28.0 Å². The van der Waals surface area contributed by atoms with E-state index in [2.05, 4.69) is 34.6 Å². The molecule has 0 saturated heterocycles. The number of hydrogen-bond acceptors (Lipinski definition) is 5. The molecule has 17 rings (SSSR count).